The van der Waals surface area contributed by atoms with Gasteiger partial charge in [-0.05, 0) is 79.1 Å². The summed E-state index contributed by atoms with van der Waals surface area (Å²) in [7, 11) is 2.70. The SMILES string of the molecule is COC(=O)[C@H](CCC(=O)O)NC(=O)c1ccc(OC)c(Cn2cc(-c3cccc4c3[C@H]3C[C@H]3CN4C(=O)OCCOc3cccc(Cl)c3C)cn2)c1. The topological polar surface area (TPSA) is 159 Å². The fourth-order valence-electron chi connectivity index (χ4n) is 6.55. The minimum Gasteiger partial charge on any atom is -0.496 e. The molecule has 6 rings (SSSR count). The average Bonchev–Trinajstić information content (AvgIpc) is 3.79. The number of carbonyl (C=O) groups excluding carboxylic acids is 3. The Morgan fingerprint density at radius 3 is 2.63 bits per heavy atom. The standard InChI is InChI=1S/C38H39ClN4O9/c1-22-29(39)7-5-9-32(22)51-14-15-52-38(48)43-21-24-17-28(24)35-27(6-4-8-31(35)43)26-18-40-42(20-26)19-25-16-23(10-12-33(25)49-2)36(46)41-30(37(47)50-3)11-13-34(44)45/h4-10,12,16,18,20,24,28,30H,11,13-15,17,19,21H2,1-3H3,(H,41,46)(H,44,45)/t24-,28-,30-/m0/s1. The molecule has 1 aliphatic heterocycles. The van der Waals surface area contributed by atoms with E-state index in [2.05, 4.69) is 10.4 Å². The van der Waals surface area contributed by atoms with E-state index in [0.29, 0.717) is 40.5 Å². The largest absolute Gasteiger partial charge is 0.496 e. The molecule has 272 valence electrons. The van der Waals surface area contributed by atoms with Crippen molar-refractivity contribution in [1.29, 1.82) is 0 Å². The van der Waals surface area contributed by atoms with E-state index in [1.165, 1.54) is 14.2 Å². The highest BCUT2D eigenvalue weighted by atomic mass is 35.5. The van der Waals surface area contributed by atoms with E-state index in [9.17, 15) is 19.2 Å². The molecule has 0 radical (unpaired) electrons. The quantitative estimate of drug-likeness (QED) is 0.119. The van der Waals surface area contributed by atoms with Crippen LogP contribution in [0.25, 0.3) is 11.1 Å². The summed E-state index contributed by atoms with van der Waals surface area (Å²) in [6.45, 7) is 2.99. The Kier molecular flexibility index (Phi) is 11.0. The van der Waals surface area contributed by atoms with E-state index in [-0.39, 0.29) is 38.2 Å². The van der Waals surface area contributed by atoms with Gasteiger partial charge < -0.3 is 29.4 Å². The van der Waals surface area contributed by atoms with E-state index in [4.69, 9.17) is 35.7 Å². The number of ether oxygens (including phenoxy) is 4. The Balaban J connectivity index is 1.15. The van der Waals surface area contributed by atoms with Gasteiger partial charge in [-0.3, -0.25) is 19.2 Å². The van der Waals surface area contributed by atoms with Gasteiger partial charge in [0.25, 0.3) is 5.91 Å². The molecular weight excluding hydrogens is 692 g/mol. The number of esters is 1. The first-order chi connectivity index (χ1) is 25.1. The third kappa shape index (κ3) is 7.99. The number of nitrogens with zero attached hydrogens (tertiary/aromatic N) is 3. The number of carboxylic acids is 1. The van der Waals surface area contributed by atoms with Gasteiger partial charge in [-0.1, -0.05) is 29.8 Å². The number of carbonyl (C=O) groups is 4. The van der Waals surface area contributed by atoms with Crippen LogP contribution in [0.5, 0.6) is 11.5 Å². The van der Waals surface area contributed by atoms with Crippen LogP contribution in [0.3, 0.4) is 0 Å². The Hall–Kier alpha value is -5.56. The molecule has 0 unspecified atom stereocenters. The monoisotopic (exact) mass is 730 g/mol. The number of halogens is 1. The Morgan fingerprint density at radius 1 is 1.06 bits per heavy atom. The van der Waals surface area contributed by atoms with Gasteiger partial charge in [0.2, 0.25) is 0 Å². The zero-order chi connectivity index (χ0) is 36.9. The molecule has 0 bridgehead atoms. The van der Waals surface area contributed by atoms with Crippen LogP contribution in [-0.4, -0.2) is 78.8 Å². The van der Waals surface area contributed by atoms with Crippen LogP contribution >= 0.6 is 11.6 Å². The maximum atomic E-state index is 13.3. The van der Waals surface area contributed by atoms with Gasteiger partial charge in [0, 0.05) is 46.4 Å². The smallest absolute Gasteiger partial charge is 0.414 e. The number of anilines is 1. The van der Waals surface area contributed by atoms with Crippen molar-refractivity contribution in [2.24, 2.45) is 5.92 Å². The summed E-state index contributed by atoms with van der Waals surface area (Å²) >= 11 is 6.19. The number of carboxylic acid groups (broad SMARTS) is 1. The zero-order valence-electron chi connectivity index (χ0n) is 29.0. The number of hydrogen-bond acceptors (Lipinski definition) is 9. The lowest BCUT2D eigenvalue weighted by Crippen LogP contribution is -2.41. The molecule has 13 nitrogen and oxygen atoms in total. The molecule has 52 heavy (non-hydrogen) atoms. The van der Waals surface area contributed by atoms with Crippen molar-refractivity contribution >= 4 is 41.2 Å². The summed E-state index contributed by atoms with van der Waals surface area (Å²) in [5, 5.41) is 16.8. The molecule has 1 aromatic heterocycles. The summed E-state index contributed by atoms with van der Waals surface area (Å²) in [6.07, 6.45) is 3.79. The summed E-state index contributed by atoms with van der Waals surface area (Å²) in [5.41, 5.74) is 5.48. The average molecular weight is 731 g/mol. The Bertz CT molecular complexity index is 2000. The molecule has 1 fully saturated rings. The van der Waals surface area contributed by atoms with Gasteiger partial charge in [0.15, 0.2) is 0 Å². The van der Waals surface area contributed by atoms with Crippen molar-refractivity contribution in [2.75, 3.05) is 38.9 Å². The van der Waals surface area contributed by atoms with Crippen molar-refractivity contribution in [3.05, 3.63) is 94.3 Å². The molecule has 3 aromatic carbocycles. The van der Waals surface area contributed by atoms with E-state index in [1.54, 1.807) is 40.0 Å². The van der Waals surface area contributed by atoms with Gasteiger partial charge in [-0.25, -0.2) is 9.59 Å². The van der Waals surface area contributed by atoms with Crippen LogP contribution in [-0.2, 0) is 25.6 Å². The highest BCUT2D eigenvalue weighted by Crippen LogP contribution is 2.57. The van der Waals surface area contributed by atoms with Gasteiger partial charge in [-0.15, -0.1) is 0 Å². The number of rotatable bonds is 14. The minimum absolute atomic E-state index is 0.0834. The van der Waals surface area contributed by atoms with E-state index in [0.717, 1.165) is 34.4 Å². The molecule has 3 atom stereocenters. The highest BCUT2D eigenvalue weighted by molar-refractivity contribution is 6.31. The number of fused-ring (bicyclic) bond motifs is 3. The van der Waals surface area contributed by atoms with Crippen LogP contribution in [0, 0.1) is 12.8 Å². The molecule has 1 aliphatic carbocycles. The van der Waals surface area contributed by atoms with Gasteiger partial charge in [-0.2, -0.15) is 5.10 Å². The first kappa shape index (κ1) is 36.2. The molecule has 1 saturated carbocycles. The lowest BCUT2D eigenvalue weighted by atomic mass is 9.93. The van der Waals surface area contributed by atoms with Crippen molar-refractivity contribution in [3.63, 3.8) is 0 Å². The molecule has 2 N–H and O–H groups in total. The number of methoxy groups -OCH3 is 2. The normalized spacial score (nSPS) is 16.2. The number of aromatic nitrogens is 2. The van der Waals surface area contributed by atoms with Crippen LogP contribution < -0.4 is 19.7 Å². The number of aliphatic carboxylic acids is 1. The molecule has 2 aliphatic rings. The van der Waals surface area contributed by atoms with Crippen LogP contribution in [0.4, 0.5) is 10.5 Å². The predicted molar refractivity (Wildman–Crippen MR) is 191 cm³/mol. The lowest BCUT2D eigenvalue weighted by molar-refractivity contribution is -0.143. The van der Waals surface area contributed by atoms with Crippen molar-refractivity contribution in [1.82, 2.24) is 15.1 Å². The van der Waals surface area contributed by atoms with Gasteiger partial charge in [0.1, 0.15) is 30.8 Å². The maximum absolute atomic E-state index is 13.3. The molecule has 4 aromatic rings. The molecule has 14 heteroatoms. The van der Waals surface area contributed by atoms with Crippen molar-refractivity contribution in [3.8, 4) is 22.6 Å². The van der Waals surface area contributed by atoms with E-state index >= 15 is 0 Å². The van der Waals surface area contributed by atoms with Crippen LogP contribution in [0.1, 0.15) is 52.2 Å². The lowest BCUT2D eigenvalue weighted by Gasteiger charge is -2.29. The maximum Gasteiger partial charge on any atom is 0.414 e. The zero-order valence-corrected chi connectivity index (χ0v) is 29.7. The second-order valence-corrected chi connectivity index (χ2v) is 13.1. The second kappa shape index (κ2) is 15.8. The van der Waals surface area contributed by atoms with Crippen LogP contribution in [0.2, 0.25) is 5.02 Å². The molecule has 0 spiro atoms. The van der Waals surface area contributed by atoms with E-state index in [1.807, 2.05) is 43.5 Å². The summed E-state index contributed by atoms with van der Waals surface area (Å²) in [6, 6.07) is 15.1. The Morgan fingerprint density at radius 2 is 1.87 bits per heavy atom. The third-order valence-electron chi connectivity index (χ3n) is 9.35. The van der Waals surface area contributed by atoms with Gasteiger partial charge >= 0.3 is 18.0 Å². The van der Waals surface area contributed by atoms with Crippen LogP contribution in [0.15, 0.2) is 67.0 Å². The summed E-state index contributed by atoms with van der Waals surface area (Å²) in [4.78, 5) is 51.5. The number of nitrogens with one attached hydrogen (secondary N) is 1. The van der Waals surface area contributed by atoms with Gasteiger partial charge in [0.05, 0.1) is 32.6 Å². The molecule has 0 saturated heterocycles. The first-order valence-electron chi connectivity index (χ1n) is 16.8. The van der Waals surface area contributed by atoms with E-state index < -0.39 is 30.0 Å². The number of amides is 2. The summed E-state index contributed by atoms with van der Waals surface area (Å²) < 4.78 is 23.5. The minimum atomic E-state index is -1.12. The van der Waals surface area contributed by atoms with Crippen molar-refractivity contribution in [2.45, 2.75) is 44.7 Å². The third-order valence-corrected chi connectivity index (χ3v) is 9.76. The van der Waals surface area contributed by atoms with Crippen molar-refractivity contribution < 1.29 is 43.2 Å². The molecule has 2 heterocycles. The first-order valence-corrected chi connectivity index (χ1v) is 17.2. The fraction of sp³-hybridized carbons (Fsp3) is 0.342. The molecule has 2 amide bonds. The number of hydrogen-bond donors (Lipinski definition) is 2. The number of benzene rings is 3. The summed E-state index contributed by atoms with van der Waals surface area (Å²) in [5.74, 6) is -0.550. The fourth-order valence-corrected chi connectivity index (χ4v) is 6.71. The second-order valence-electron chi connectivity index (χ2n) is 12.7. The predicted octanol–water partition coefficient (Wildman–Crippen LogP) is 5.84. The molecular formula is C38H39ClN4O9. The highest BCUT2D eigenvalue weighted by Gasteiger charge is 2.48. The Labute approximate surface area is 305 Å².